The predicted molar refractivity (Wildman–Crippen MR) is 168 cm³/mol. The summed E-state index contributed by atoms with van der Waals surface area (Å²) in [4.78, 5) is 27.6. The molecule has 9 heteroatoms. The van der Waals surface area contributed by atoms with Crippen molar-refractivity contribution in [3.8, 4) is 0 Å². The molecule has 5 rings (SSSR count). The van der Waals surface area contributed by atoms with Crippen LogP contribution in [0.25, 0.3) is 0 Å². The topological polar surface area (TPSA) is 120 Å². The second kappa shape index (κ2) is 14.9. The van der Waals surface area contributed by atoms with Gasteiger partial charge in [-0.25, -0.2) is 4.79 Å². The van der Waals surface area contributed by atoms with Crippen LogP contribution in [-0.4, -0.2) is 64.8 Å². The molecule has 0 radical (unpaired) electrons. The van der Waals surface area contributed by atoms with Gasteiger partial charge in [-0.2, -0.15) is 0 Å². The maximum absolute atomic E-state index is 13.0. The van der Waals surface area contributed by atoms with E-state index in [1.165, 1.54) is 6.92 Å². The predicted octanol–water partition coefficient (Wildman–Crippen LogP) is 4.75. The van der Waals surface area contributed by atoms with Crippen LogP contribution in [0.5, 0.6) is 0 Å². The number of anilines is 1. The fourth-order valence-corrected chi connectivity index (χ4v) is 6.14. The maximum atomic E-state index is 13.0. The largest absolute Gasteiger partial charge is 0.395 e. The van der Waals surface area contributed by atoms with E-state index >= 15 is 0 Å². The molecule has 234 valence electrons. The fraction of sp³-hybridized carbons (Fsp3) is 0.429. The van der Waals surface area contributed by atoms with Gasteiger partial charge in [0.1, 0.15) is 0 Å². The molecule has 2 aliphatic rings. The van der Waals surface area contributed by atoms with Crippen LogP contribution in [0.4, 0.5) is 10.5 Å². The lowest BCUT2D eigenvalue weighted by molar-refractivity contribution is -0.276. The Bertz CT molecular complexity index is 1380. The van der Waals surface area contributed by atoms with Crippen LogP contribution in [0.1, 0.15) is 61.3 Å². The number of aliphatic hydroxyl groups excluding tert-OH is 2. The summed E-state index contributed by atoms with van der Waals surface area (Å²) in [7, 11) is 0. The van der Waals surface area contributed by atoms with Gasteiger partial charge in [-0.05, 0) is 61.6 Å². The molecule has 4 N–H and O–H groups in total. The summed E-state index contributed by atoms with van der Waals surface area (Å²) < 4.78 is 13.2. The summed E-state index contributed by atoms with van der Waals surface area (Å²) in [6.45, 7) is 5.28. The molecule has 6 atom stereocenters. The number of ether oxygens (including phenoxy) is 2. The molecule has 2 heterocycles. The number of Topliss-reactive ketones (excluding diaryl/α,β-unsaturated/α-hetero) is 1. The van der Waals surface area contributed by atoms with E-state index < -0.39 is 18.4 Å². The van der Waals surface area contributed by atoms with E-state index in [1.54, 1.807) is 6.07 Å². The number of carbonyl (C=O) groups is 2. The smallest absolute Gasteiger partial charge is 0.319 e. The van der Waals surface area contributed by atoms with Gasteiger partial charge in [0.2, 0.25) is 0 Å². The summed E-state index contributed by atoms with van der Waals surface area (Å²) >= 11 is 0. The maximum Gasteiger partial charge on any atom is 0.319 e. The Labute approximate surface area is 259 Å². The first-order valence-corrected chi connectivity index (χ1v) is 15.4. The lowest BCUT2D eigenvalue weighted by Gasteiger charge is -2.43. The molecule has 0 aromatic heterocycles. The molecule has 1 unspecified atom stereocenters. The number of hydrogen-bond acceptors (Lipinski definition) is 7. The fourth-order valence-electron chi connectivity index (χ4n) is 6.14. The molecule has 0 spiro atoms. The Morgan fingerprint density at radius 1 is 0.955 bits per heavy atom. The summed E-state index contributed by atoms with van der Waals surface area (Å²) in [5, 5.41) is 25.1. The van der Waals surface area contributed by atoms with Gasteiger partial charge in [0.25, 0.3) is 0 Å². The first kappa shape index (κ1) is 31.8. The lowest BCUT2D eigenvalue weighted by Crippen LogP contribution is -2.46. The van der Waals surface area contributed by atoms with Crippen molar-refractivity contribution in [1.29, 1.82) is 0 Å². The van der Waals surface area contributed by atoms with E-state index in [-0.39, 0.29) is 43.2 Å². The Kier molecular flexibility index (Phi) is 10.8. The minimum absolute atomic E-state index is 0.0198. The summed E-state index contributed by atoms with van der Waals surface area (Å²) in [6, 6.07) is 23.7. The Balaban J connectivity index is 1.32. The first-order chi connectivity index (χ1) is 21.3. The van der Waals surface area contributed by atoms with Crippen LogP contribution < -0.4 is 10.6 Å². The van der Waals surface area contributed by atoms with Crippen molar-refractivity contribution in [2.45, 2.75) is 70.3 Å². The van der Waals surface area contributed by atoms with Gasteiger partial charge in [0.15, 0.2) is 12.1 Å². The third kappa shape index (κ3) is 7.91. The average molecular weight is 602 g/mol. The molecule has 0 saturated carbocycles. The second-order valence-electron chi connectivity index (χ2n) is 11.9. The van der Waals surface area contributed by atoms with Crippen LogP contribution in [-0.2, 0) is 27.3 Å². The van der Waals surface area contributed by atoms with Crippen molar-refractivity contribution < 1.29 is 29.3 Å². The highest BCUT2D eigenvalue weighted by Gasteiger charge is 2.40. The van der Waals surface area contributed by atoms with Crippen LogP contribution in [0.3, 0.4) is 0 Å². The lowest BCUT2D eigenvalue weighted by atomic mass is 9.90. The van der Waals surface area contributed by atoms with Crippen LogP contribution in [0, 0.1) is 5.92 Å². The number of nitrogens with one attached hydrogen (secondary N) is 2. The van der Waals surface area contributed by atoms with E-state index in [9.17, 15) is 19.8 Å². The number of aliphatic hydroxyl groups is 2. The molecule has 3 aromatic rings. The number of benzene rings is 3. The standard InChI is InChI=1S/C35H43N3O6/c1-23-32(20-38-17-7-12-30(38)22-40)43-34(44-33(23)27-15-13-26(21-39)14-16-27)28-10-6-11-29(19-28)36-35(42)37-31(24(2)41)18-25-8-4-3-5-9-25/h3-6,8-11,13-16,19,23,30-34,39-40H,7,12,17-18,20-22H2,1-2H3,(H2,36,37,42)/t23-,30-,31+,32+,33+,34?/m0/s1. The molecule has 3 aromatic carbocycles. The summed E-state index contributed by atoms with van der Waals surface area (Å²) in [5.74, 6) is -0.104. The van der Waals surface area contributed by atoms with Gasteiger partial charge < -0.3 is 30.3 Å². The van der Waals surface area contributed by atoms with Crippen LogP contribution in [0.15, 0.2) is 78.9 Å². The van der Waals surface area contributed by atoms with Gasteiger partial charge in [-0.3, -0.25) is 9.69 Å². The first-order valence-electron chi connectivity index (χ1n) is 15.4. The van der Waals surface area contributed by atoms with E-state index in [4.69, 9.17) is 9.47 Å². The second-order valence-corrected chi connectivity index (χ2v) is 11.9. The van der Waals surface area contributed by atoms with Crippen LogP contribution in [0.2, 0.25) is 0 Å². The molecule has 2 fully saturated rings. The third-order valence-electron chi connectivity index (χ3n) is 8.74. The van der Waals surface area contributed by atoms with Crippen molar-refractivity contribution in [2.24, 2.45) is 5.92 Å². The van der Waals surface area contributed by atoms with E-state index in [0.29, 0.717) is 18.7 Å². The number of rotatable bonds is 11. The minimum Gasteiger partial charge on any atom is -0.395 e. The Morgan fingerprint density at radius 3 is 2.43 bits per heavy atom. The van der Waals surface area contributed by atoms with Gasteiger partial charge in [-0.15, -0.1) is 0 Å². The molecule has 0 aliphatic carbocycles. The van der Waals surface area contributed by atoms with Gasteiger partial charge in [0.05, 0.1) is 31.5 Å². The number of nitrogens with zero attached hydrogens (tertiary/aromatic N) is 1. The van der Waals surface area contributed by atoms with E-state index in [2.05, 4.69) is 22.5 Å². The average Bonchev–Trinajstić information content (AvgIpc) is 3.49. The van der Waals surface area contributed by atoms with Gasteiger partial charge in [-0.1, -0.05) is 73.7 Å². The zero-order valence-electron chi connectivity index (χ0n) is 25.4. The van der Waals surface area contributed by atoms with Crippen molar-refractivity contribution in [3.63, 3.8) is 0 Å². The number of hydrogen-bond donors (Lipinski definition) is 4. The van der Waals surface area contributed by atoms with Gasteiger partial charge >= 0.3 is 6.03 Å². The van der Waals surface area contributed by atoms with Crippen molar-refractivity contribution in [1.82, 2.24) is 10.2 Å². The highest BCUT2D eigenvalue weighted by molar-refractivity contribution is 5.93. The normalized spacial score (nSPS) is 24.5. The molecule has 0 bridgehead atoms. The quantitative estimate of drug-likeness (QED) is 0.250. The molecule has 2 amide bonds. The highest BCUT2D eigenvalue weighted by Crippen LogP contribution is 2.42. The van der Waals surface area contributed by atoms with Crippen LogP contribution >= 0.6 is 0 Å². The highest BCUT2D eigenvalue weighted by atomic mass is 16.7. The van der Waals surface area contributed by atoms with Gasteiger partial charge in [0, 0.05) is 29.8 Å². The van der Waals surface area contributed by atoms with E-state index in [1.807, 2.05) is 72.8 Å². The van der Waals surface area contributed by atoms with Crippen molar-refractivity contribution in [3.05, 3.63) is 101 Å². The SMILES string of the molecule is CC(=O)[C@@H](Cc1ccccc1)NC(=O)Nc1cccc(C2O[C@H](CN3CCC[C@H]3CO)[C@H](C)[C@H](c3ccc(CO)cc3)O2)c1. The third-order valence-corrected chi connectivity index (χ3v) is 8.74. The molecule has 2 aliphatic heterocycles. The zero-order chi connectivity index (χ0) is 31.1. The molecule has 2 saturated heterocycles. The number of urea groups is 1. The Morgan fingerprint density at radius 2 is 1.73 bits per heavy atom. The van der Waals surface area contributed by atoms with Crippen molar-refractivity contribution >= 4 is 17.5 Å². The molecular weight excluding hydrogens is 558 g/mol. The molecule has 44 heavy (non-hydrogen) atoms. The number of likely N-dealkylation sites (tertiary alicyclic amines) is 1. The molecule has 9 nitrogen and oxygen atoms in total. The molecular formula is C35H43N3O6. The van der Waals surface area contributed by atoms with Crippen molar-refractivity contribution in [2.75, 3.05) is 25.0 Å². The number of ketones is 1. The Hall–Kier alpha value is -3.60. The zero-order valence-corrected chi connectivity index (χ0v) is 25.4. The number of carbonyl (C=O) groups excluding carboxylic acids is 2. The summed E-state index contributed by atoms with van der Waals surface area (Å²) in [5.41, 5.74) is 4.09. The number of amides is 2. The van der Waals surface area contributed by atoms with E-state index in [0.717, 1.165) is 41.6 Å². The monoisotopic (exact) mass is 601 g/mol. The minimum atomic E-state index is -0.693. The summed E-state index contributed by atoms with van der Waals surface area (Å²) in [6.07, 6.45) is 1.29.